The lowest BCUT2D eigenvalue weighted by Crippen LogP contribution is -2.33. The van der Waals surface area contributed by atoms with Crippen molar-refractivity contribution >= 4 is 17.1 Å². The fourth-order valence-corrected chi connectivity index (χ4v) is 2.47. The Balaban J connectivity index is 2.65. The highest BCUT2D eigenvalue weighted by Gasteiger charge is 2.29. The van der Waals surface area contributed by atoms with E-state index >= 15 is 0 Å². The number of rotatable bonds is 0. The molecule has 0 radical (unpaired) electrons. The van der Waals surface area contributed by atoms with Crippen LogP contribution in [0.3, 0.4) is 0 Å². The molecule has 0 aromatic carbocycles. The molecular weight excluding hydrogens is 216 g/mol. The van der Waals surface area contributed by atoms with Crippen molar-refractivity contribution in [1.82, 2.24) is 0 Å². The Bertz CT molecular complexity index is 202. The summed E-state index contributed by atoms with van der Waals surface area (Å²) in [7, 11) is -4.18. The molecule has 1 aliphatic rings. The van der Waals surface area contributed by atoms with Crippen molar-refractivity contribution in [3.8, 4) is 0 Å². The normalized spacial score (nSPS) is 28.3. The molecule has 0 N–H and O–H groups in total. The first-order chi connectivity index (χ1) is 6.41. The van der Waals surface area contributed by atoms with Crippen LogP contribution in [0.4, 0.5) is 0 Å². The second kappa shape index (κ2) is 4.10. The van der Waals surface area contributed by atoms with Gasteiger partial charge >= 0.3 is 17.1 Å². The van der Waals surface area contributed by atoms with Gasteiger partial charge in [0.2, 0.25) is 0 Å². The van der Waals surface area contributed by atoms with E-state index < -0.39 is 17.1 Å². The van der Waals surface area contributed by atoms with E-state index in [4.69, 9.17) is 17.7 Å². The molecule has 0 aromatic rings. The summed E-state index contributed by atoms with van der Waals surface area (Å²) < 4.78 is 21.7. The molecule has 1 aliphatic heterocycles. The van der Waals surface area contributed by atoms with Crippen LogP contribution in [0.2, 0.25) is 26.2 Å². The van der Waals surface area contributed by atoms with Crippen LogP contribution in [-0.2, 0) is 17.7 Å². The molecule has 0 bridgehead atoms. The van der Waals surface area contributed by atoms with Crippen LogP contribution >= 0.6 is 0 Å². The van der Waals surface area contributed by atoms with E-state index in [9.17, 15) is 0 Å². The van der Waals surface area contributed by atoms with Gasteiger partial charge in [0.25, 0.3) is 0 Å². The van der Waals surface area contributed by atoms with Crippen molar-refractivity contribution in [2.45, 2.75) is 26.2 Å². The van der Waals surface area contributed by atoms with E-state index in [2.05, 4.69) is 0 Å². The molecule has 0 saturated carbocycles. The lowest BCUT2D eigenvalue weighted by Gasteiger charge is -2.24. The van der Waals surface area contributed by atoms with Crippen LogP contribution in [-0.4, -0.2) is 17.1 Å². The van der Waals surface area contributed by atoms with E-state index in [1.807, 2.05) is 26.2 Å². The van der Waals surface area contributed by atoms with Gasteiger partial charge < -0.3 is 17.7 Å². The maximum absolute atomic E-state index is 5.43. The molecule has 0 aromatic heterocycles. The highest BCUT2D eigenvalue weighted by Crippen LogP contribution is 2.13. The van der Waals surface area contributed by atoms with Gasteiger partial charge in [0, 0.05) is 26.2 Å². The van der Waals surface area contributed by atoms with Gasteiger partial charge in [-0.05, 0) is 0 Å². The van der Waals surface area contributed by atoms with Crippen molar-refractivity contribution in [1.29, 1.82) is 0 Å². The summed E-state index contributed by atoms with van der Waals surface area (Å²) in [6.45, 7) is 7.75. The van der Waals surface area contributed by atoms with E-state index in [1.54, 1.807) is 0 Å². The molecule has 0 amide bonds. The minimum Gasteiger partial charge on any atom is -0.516 e. The summed E-state index contributed by atoms with van der Waals surface area (Å²) in [5.74, 6) is 0. The van der Waals surface area contributed by atoms with Gasteiger partial charge in [0.1, 0.15) is 25.0 Å². The Labute approximate surface area is 86.6 Å². The first kappa shape index (κ1) is 11.2. The molecule has 6 heteroatoms. The van der Waals surface area contributed by atoms with Gasteiger partial charge in [-0.3, -0.25) is 0 Å². The zero-order valence-corrected chi connectivity index (χ0v) is 10.9. The van der Waals surface area contributed by atoms with Crippen molar-refractivity contribution in [3.63, 3.8) is 0 Å². The molecule has 0 fully saturated rings. The Kier molecular flexibility index (Phi) is 3.27. The molecule has 1 rings (SSSR count). The van der Waals surface area contributed by atoms with Gasteiger partial charge in [0.15, 0.2) is 0 Å². The molecule has 0 aliphatic carbocycles. The minimum atomic E-state index is -2.09. The lowest BCUT2D eigenvalue weighted by atomic mass is 11.1. The van der Waals surface area contributed by atoms with Gasteiger partial charge in [-0.2, -0.15) is 0 Å². The second-order valence-electron chi connectivity index (χ2n) is 3.82. The summed E-state index contributed by atoms with van der Waals surface area (Å²) in [5.41, 5.74) is 0. The summed E-state index contributed by atoms with van der Waals surface area (Å²) in [4.78, 5) is 0. The molecule has 80 valence electrons. The third-order valence-corrected chi connectivity index (χ3v) is 4.33. The Hall–Kier alpha value is -0.886. The quantitative estimate of drug-likeness (QED) is 0.601. The van der Waals surface area contributed by atoms with Gasteiger partial charge in [-0.1, -0.05) is 0 Å². The summed E-state index contributed by atoms with van der Waals surface area (Å²) in [6.07, 6.45) is 6.12. The topological polar surface area (TPSA) is 36.9 Å². The number of hydrogen-bond donors (Lipinski definition) is 0. The van der Waals surface area contributed by atoms with Crippen LogP contribution in [0.1, 0.15) is 0 Å². The number of hydrogen-bond acceptors (Lipinski definition) is 4. The van der Waals surface area contributed by atoms with Crippen LogP contribution in [0.15, 0.2) is 25.0 Å². The fraction of sp³-hybridized carbons (Fsp3) is 0.500. The lowest BCUT2D eigenvalue weighted by molar-refractivity contribution is 0.264. The third kappa shape index (κ3) is 3.88. The minimum absolute atomic E-state index is 1.53. The largest absolute Gasteiger partial charge is 0.516 e. The molecule has 4 nitrogen and oxygen atoms in total. The van der Waals surface area contributed by atoms with Crippen LogP contribution in [0, 0.1) is 0 Å². The van der Waals surface area contributed by atoms with Crippen molar-refractivity contribution in [3.05, 3.63) is 25.0 Å². The molecule has 14 heavy (non-hydrogen) atoms. The molecule has 0 unspecified atom stereocenters. The molecule has 0 atom stereocenters. The van der Waals surface area contributed by atoms with Gasteiger partial charge in [0.05, 0.1) is 0 Å². The van der Waals surface area contributed by atoms with Gasteiger partial charge in [-0.25, -0.2) is 0 Å². The van der Waals surface area contributed by atoms with Crippen molar-refractivity contribution in [2.24, 2.45) is 0 Å². The maximum atomic E-state index is 5.43. The summed E-state index contributed by atoms with van der Waals surface area (Å²) in [5, 5.41) is 0. The average molecular weight is 232 g/mol. The molecular formula is C8H16O4Si2. The second-order valence-corrected chi connectivity index (χ2v) is 10.4. The summed E-state index contributed by atoms with van der Waals surface area (Å²) in [6, 6.07) is 0. The monoisotopic (exact) mass is 232 g/mol. The van der Waals surface area contributed by atoms with E-state index in [0.717, 1.165) is 0 Å². The Morgan fingerprint density at radius 1 is 0.571 bits per heavy atom. The maximum Gasteiger partial charge on any atom is 0.453 e. The highest BCUT2D eigenvalue weighted by atomic mass is 28.4. The SMILES string of the molecule is C[Si]1(C)O/C=C\O[Si](C)(C)O/C=C\O1. The van der Waals surface area contributed by atoms with Crippen LogP contribution < -0.4 is 0 Å². The standard InChI is InChI=1S/C8H16O4Si2/c1-13(2)9-5-7-11-14(3,4)12-8-6-10-13/h5-8H,1-4H3/b7-5-,8-6-. The van der Waals surface area contributed by atoms with Gasteiger partial charge in [-0.15, -0.1) is 0 Å². The Morgan fingerprint density at radius 3 is 1.00 bits per heavy atom. The zero-order valence-electron chi connectivity index (χ0n) is 8.94. The van der Waals surface area contributed by atoms with Crippen molar-refractivity contribution < 1.29 is 17.7 Å². The molecule has 0 spiro atoms. The average Bonchev–Trinajstić information content (AvgIpc) is 2.07. The first-order valence-electron chi connectivity index (χ1n) is 4.43. The predicted molar refractivity (Wildman–Crippen MR) is 57.6 cm³/mol. The third-order valence-electron chi connectivity index (χ3n) is 1.52. The Morgan fingerprint density at radius 2 is 0.786 bits per heavy atom. The smallest absolute Gasteiger partial charge is 0.453 e. The fourth-order valence-electron chi connectivity index (χ4n) is 0.822. The summed E-state index contributed by atoms with van der Waals surface area (Å²) >= 11 is 0. The molecule has 1 heterocycles. The van der Waals surface area contributed by atoms with Crippen LogP contribution in [0.25, 0.3) is 0 Å². The van der Waals surface area contributed by atoms with E-state index in [-0.39, 0.29) is 0 Å². The highest BCUT2D eigenvalue weighted by molar-refractivity contribution is 6.65. The van der Waals surface area contributed by atoms with E-state index in [1.165, 1.54) is 25.0 Å². The van der Waals surface area contributed by atoms with E-state index in [0.29, 0.717) is 0 Å². The van der Waals surface area contributed by atoms with Crippen molar-refractivity contribution in [2.75, 3.05) is 0 Å². The molecule has 0 saturated heterocycles. The zero-order chi connectivity index (χ0) is 10.7. The first-order valence-corrected chi connectivity index (χ1v) is 10.1. The van der Waals surface area contributed by atoms with Crippen LogP contribution in [0.5, 0.6) is 0 Å². The predicted octanol–water partition coefficient (Wildman–Crippen LogP) is 2.41.